The van der Waals surface area contributed by atoms with Crippen LogP contribution in [0.1, 0.15) is 5.56 Å². The fourth-order valence-electron chi connectivity index (χ4n) is 3.19. The Morgan fingerprint density at radius 3 is 2.41 bits per heavy atom. The van der Waals surface area contributed by atoms with Crippen LogP contribution in [-0.2, 0) is 15.8 Å². The molecule has 1 fully saturated rings. The second kappa shape index (κ2) is 10.5. The predicted octanol–water partition coefficient (Wildman–Crippen LogP) is 4.37. The number of para-hydroxylation sites is 1. The smallest absolute Gasteiger partial charge is 0.339 e. The van der Waals surface area contributed by atoms with Crippen molar-refractivity contribution in [2.75, 3.05) is 43.8 Å². The van der Waals surface area contributed by atoms with Crippen LogP contribution in [0.4, 0.5) is 23.2 Å². The predicted molar refractivity (Wildman–Crippen MR) is 115 cm³/mol. The van der Waals surface area contributed by atoms with Crippen LogP contribution in [-0.4, -0.2) is 60.1 Å². The minimum absolute atomic E-state index is 0.00723. The quantitative estimate of drug-likeness (QED) is 0.483. The number of thioether (sulfide) groups is 1. The standard InChI is InChI=1S/C21H20ClF4N3O2S/c22-16-11-14(5-6-17(16)23)32-13-20(31)29-9-7-28(8-10-29)12-19(30)27-18-4-2-1-3-15(18)21(24,25)26/h1-6,11H,7-10,12-13H2,(H,27,30). The lowest BCUT2D eigenvalue weighted by Gasteiger charge is -2.34. The maximum absolute atomic E-state index is 13.2. The Morgan fingerprint density at radius 1 is 1.06 bits per heavy atom. The van der Waals surface area contributed by atoms with Crippen LogP contribution < -0.4 is 5.32 Å². The molecule has 0 bridgehead atoms. The second-order valence-electron chi connectivity index (χ2n) is 7.11. The first-order valence-electron chi connectivity index (χ1n) is 9.67. The molecule has 0 aromatic heterocycles. The van der Waals surface area contributed by atoms with Gasteiger partial charge in [0.25, 0.3) is 0 Å². The summed E-state index contributed by atoms with van der Waals surface area (Å²) in [4.78, 5) is 28.8. The number of hydrogen-bond acceptors (Lipinski definition) is 4. The molecule has 0 radical (unpaired) electrons. The number of rotatable bonds is 6. The number of anilines is 1. The summed E-state index contributed by atoms with van der Waals surface area (Å²) in [5.74, 6) is -1.01. The van der Waals surface area contributed by atoms with Crippen molar-refractivity contribution in [1.82, 2.24) is 9.80 Å². The Bertz CT molecular complexity index is 982. The molecule has 0 unspecified atom stereocenters. The molecule has 0 aliphatic carbocycles. The SMILES string of the molecule is O=C(CN1CCN(C(=O)CSc2ccc(F)c(Cl)c2)CC1)Nc1ccccc1C(F)(F)F. The lowest BCUT2D eigenvalue weighted by molar-refractivity contribution is -0.137. The van der Waals surface area contributed by atoms with E-state index in [9.17, 15) is 27.2 Å². The van der Waals surface area contributed by atoms with E-state index in [-0.39, 0.29) is 28.9 Å². The van der Waals surface area contributed by atoms with Gasteiger partial charge in [-0.05, 0) is 30.3 Å². The zero-order chi connectivity index (χ0) is 23.3. The van der Waals surface area contributed by atoms with Crippen molar-refractivity contribution < 1.29 is 27.2 Å². The van der Waals surface area contributed by atoms with Gasteiger partial charge in [0.2, 0.25) is 11.8 Å². The number of alkyl halides is 3. The maximum atomic E-state index is 13.2. The van der Waals surface area contributed by atoms with Gasteiger partial charge in [-0.25, -0.2) is 4.39 Å². The minimum Gasteiger partial charge on any atom is -0.339 e. The lowest BCUT2D eigenvalue weighted by atomic mass is 10.1. The molecule has 2 amide bonds. The van der Waals surface area contributed by atoms with Gasteiger partial charge in [0.15, 0.2) is 0 Å². The molecule has 32 heavy (non-hydrogen) atoms. The van der Waals surface area contributed by atoms with Crippen molar-refractivity contribution in [1.29, 1.82) is 0 Å². The number of nitrogens with zero attached hydrogens (tertiary/aromatic N) is 2. The zero-order valence-corrected chi connectivity index (χ0v) is 18.4. The van der Waals surface area contributed by atoms with E-state index in [0.717, 1.165) is 6.07 Å². The second-order valence-corrected chi connectivity index (χ2v) is 8.57. The average molecular weight is 490 g/mol. The van der Waals surface area contributed by atoms with Crippen molar-refractivity contribution in [3.8, 4) is 0 Å². The van der Waals surface area contributed by atoms with Crippen LogP contribution in [0.5, 0.6) is 0 Å². The molecule has 5 nitrogen and oxygen atoms in total. The largest absolute Gasteiger partial charge is 0.418 e. The van der Waals surface area contributed by atoms with E-state index in [1.165, 1.54) is 42.1 Å². The fraction of sp³-hybridized carbons (Fsp3) is 0.333. The van der Waals surface area contributed by atoms with Crippen molar-refractivity contribution in [2.45, 2.75) is 11.1 Å². The Kier molecular flexibility index (Phi) is 8.02. The van der Waals surface area contributed by atoms with Crippen molar-refractivity contribution in [2.24, 2.45) is 0 Å². The van der Waals surface area contributed by atoms with Crippen molar-refractivity contribution in [3.05, 3.63) is 58.9 Å². The van der Waals surface area contributed by atoms with Gasteiger partial charge < -0.3 is 10.2 Å². The topological polar surface area (TPSA) is 52.7 Å². The van der Waals surface area contributed by atoms with E-state index in [1.807, 2.05) is 0 Å². The molecule has 11 heteroatoms. The van der Waals surface area contributed by atoms with E-state index >= 15 is 0 Å². The Morgan fingerprint density at radius 2 is 1.75 bits per heavy atom. The van der Waals surface area contributed by atoms with Gasteiger partial charge >= 0.3 is 6.18 Å². The molecule has 0 atom stereocenters. The van der Waals surface area contributed by atoms with E-state index in [0.29, 0.717) is 31.1 Å². The molecule has 3 rings (SSSR count). The highest BCUT2D eigenvalue weighted by atomic mass is 35.5. The molecule has 1 saturated heterocycles. The summed E-state index contributed by atoms with van der Waals surface area (Å²) < 4.78 is 52.4. The summed E-state index contributed by atoms with van der Waals surface area (Å²) >= 11 is 6.99. The summed E-state index contributed by atoms with van der Waals surface area (Å²) in [6.45, 7) is 1.57. The van der Waals surface area contributed by atoms with Crippen LogP contribution in [0, 0.1) is 5.82 Å². The molecule has 172 valence electrons. The van der Waals surface area contributed by atoms with Crippen LogP contribution in [0.3, 0.4) is 0 Å². The molecule has 1 aliphatic rings. The highest BCUT2D eigenvalue weighted by Gasteiger charge is 2.33. The van der Waals surface area contributed by atoms with Crippen molar-refractivity contribution in [3.63, 3.8) is 0 Å². The molecule has 1 aliphatic heterocycles. The van der Waals surface area contributed by atoms with Crippen LogP contribution >= 0.6 is 23.4 Å². The van der Waals surface area contributed by atoms with Crippen LogP contribution in [0.15, 0.2) is 47.4 Å². The first-order valence-corrected chi connectivity index (χ1v) is 11.0. The number of hydrogen-bond donors (Lipinski definition) is 1. The molecule has 0 saturated carbocycles. The first-order chi connectivity index (χ1) is 15.1. The molecular formula is C21H20ClF4N3O2S. The van der Waals surface area contributed by atoms with Gasteiger partial charge in [-0.2, -0.15) is 13.2 Å². The van der Waals surface area contributed by atoms with Crippen LogP contribution in [0.25, 0.3) is 0 Å². The van der Waals surface area contributed by atoms with E-state index < -0.39 is 23.5 Å². The average Bonchev–Trinajstić information content (AvgIpc) is 2.74. The molecule has 1 heterocycles. The van der Waals surface area contributed by atoms with E-state index in [2.05, 4.69) is 5.32 Å². The summed E-state index contributed by atoms with van der Waals surface area (Å²) in [5, 5.41) is 2.32. The third-order valence-electron chi connectivity index (χ3n) is 4.85. The van der Waals surface area contributed by atoms with Crippen LogP contribution in [0.2, 0.25) is 5.02 Å². The summed E-state index contributed by atoms with van der Waals surface area (Å²) in [6.07, 6.45) is -4.56. The fourth-order valence-corrected chi connectivity index (χ4v) is 4.27. The molecule has 1 N–H and O–H groups in total. The monoisotopic (exact) mass is 489 g/mol. The van der Waals surface area contributed by atoms with Gasteiger partial charge in [0.05, 0.1) is 28.6 Å². The van der Waals surface area contributed by atoms with Gasteiger partial charge in [-0.1, -0.05) is 23.7 Å². The Labute approximate surface area is 191 Å². The summed E-state index contributed by atoms with van der Waals surface area (Å²) in [6, 6.07) is 9.06. The number of carbonyl (C=O) groups is 2. The van der Waals surface area contributed by atoms with Gasteiger partial charge in [-0.3, -0.25) is 14.5 Å². The summed E-state index contributed by atoms with van der Waals surface area (Å²) in [7, 11) is 0. The molecule has 2 aromatic carbocycles. The minimum atomic E-state index is -4.56. The number of carbonyl (C=O) groups excluding carboxylic acids is 2. The number of benzene rings is 2. The van der Waals surface area contributed by atoms with E-state index in [4.69, 9.17) is 11.6 Å². The molecule has 2 aromatic rings. The number of nitrogens with one attached hydrogen (secondary N) is 1. The van der Waals surface area contributed by atoms with Gasteiger partial charge in [0, 0.05) is 31.1 Å². The van der Waals surface area contributed by atoms with Crippen molar-refractivity contribution >= 4 is 40.9 Å². The highest BCUT2D eigenvalue weighted by Crippen LogP contribution is 2.34. The Balaban J connectivity index is 1.45. The number of halogens is 5. The number of amides is 2. The summed E-state index contributed by atoms with van der Waals surface area (Å²) in [5.41, 5.74) is -1.18. The lowest BCUT2D eigenvalue weighted by Crippen LogP contribution is -2.50. The van der Waals surface area contributed by atoms with Gasteiger partial charge in [-0.15, -0.1) is 11.8 Å². The molecule has 0 spiro atoms. The van der Waals surface area contributed by atoms with E-state index in [1.54, 1.807) is 15.9 Å². The highest BCUT2D eigenvalue weighted by molar-refractivity contribution is 8.00. The maximum Gasteiger partial charge on any atom is 0.418 e. The third-order valence-corrected chi connectivity index (χ3v) is 6.12. The molecular weight excluding hydrogens is 470 g/mol. The third kappa shape index (κ3) is 6.60. The Hall–Kier alpha value is -2.30. The van der Waals surface area contributed by atoms with Gasteiger partial charge in [0.1, 0.15) is 5.82 Å². The first kappa shape index (κ1) is 24.3. The normalized spacial score (nSPS) is 15.0. The number of piperazine rings is 1. The zero-order valence-electron chi connectivity index (χ0n) is 16.8.